The van der Waals surface area contributed by atoms with Crippen LogP contribution in [0.1, 0.15) is 49.7 Å². The van der Waals surface area contributed by atoms with E-state index in [9.17, 15) is 22.8 Å². The Labute approximate surface area is 203 Å². The Morgan fingerprint density at radius 2 is 1.80 bits per heavy atom. The largest absolute Gasteiger partial charge is 0.335 e. The number of hydrogen-bond donors (Lipinski definition) is 1. The highest BCUT2D eigenvalue weighted by molar-refractivity contribution is 7.88. The lowest BCUT2D eigenvalue weighted by Crippen LogP contribution is -2.50. The molecular formula is C24H29N5O5S. The molecule has 11 heteroatoms. The number of nitrogens with zero attached hydrogens (tertiary/aromatic N) is 4. The number of aromatic nitrogens is 3. The summed E-state index contributed by atoms with van der Waals surface area (Å²) in [5, 5.41) is 4.33. The number of pyridine rings is 1. The standard InChI is InChI=1S/C24H29N5O5S/c1-15-14-16(2)26-23(31)18(15)7-8-20(30)21-17(3)22(29-19(21)6-5-9-25-29)24(32)27-10-12-28(13-11-27)35(4,33)34/h5-6,9,14H,7-8,10-13H2,1-4H3,(H,26,31). The maximum absolute atomic E-state index is 13.5. The van der Waals surface area contributed by atoms with E-state index >= 15 is 0 Å². The number of rotatable bonds is 6. The summed E-state index contributed by atoms with van der Waals surface area (Å²) in [7, 11) is -3.32. The molecule has 35 heavy (non-hydrogen) atoms. The van der Waals surface area contributed by atoms with Crippen LogP contribution in [0.3, 0.4) is 0 Å². The van der Waals surface area contributed by atoms with Crippen LogP contribution in [0.15, 0.2) is 29.2 Å². The quantitative estimate of drug-likeness (QED) is 0.512. The second-order valence-corrected chi connectivity index (χ2v) is 11.0. The molecule has 4 rings (SSSR count). The molecule has 0 aliphatic carbocycles. The second-order valence-electron chi connectivity index (χ2n) is 8.99. The fraction of sp³-hybridized carbons (Fsp3) is 0.417. The van der Waals surface area contributed by atoms with E-state index in [1.165, 1.54) is 8.82 Å². The molecular weight excluding hydrogens is 470 g/mol. The van der Waals surface area contributed by atoms with Crippen LogP contribution in [0, 0.1) is 20.8 Å². The number of fused-ring (bicyclic) bond motifs is 1. The first kappa shape index (κ1) is 24.8. The molecule has 0 radical (unpaired) electrons. The Balaban J connectivity index is 1.63. The molecule has 1 saturated heterocycles. The molecule has 0 unspecified atom stereocenters. The number of ketones is 1. The maximum atomic E-state index is 13.5. The lowest BCUT2D eigenvalue weighted by molar-refractivity contribution is 0.0689. The zero-order valence-corrected chi connectivity index (χ0v) is 21.1. The Hall–Kier alpha value is -3.31. The van der Waals surface area contributed by atoms with Crippen LogP contribution < -0.4 is 5.56 Å². The van der Waals surface area contributed by atoms with Gasteiger partial charge in [-0.2, -0.15) is 9.40 Å². The Morgan fingerprint density at radius 3 is 2.43 bits per heavy atom. The van der Waals surface area contributed by atoms with Crippen molar-refractivity contribution in [2.24, 2.45) is 0 Å². The van der Waals surface area contributed by atoms with Gasteiger partial charge in [-0.15, -0.1) is 0 Å². The van der Waals surface area contributed by atoms with Crippen LogP contribution in [-0.2, 0) is 16.4 Å². The summed E-state index contributed by atoms with van der Waals surface area (Å²) in [5.41, 5.74) is 3.74. The van der Waals surface area contributed by atoms with Crippen LogP contribution in [0.4, 0.5) is 0 Å². The third-order valence-electron chi connectivity index (χ3n) is 6.52. The summed E-state index contributed by atoms with van der Waals surface area (Å²) >= 11 is 0. The monoisotopic (exact) mass is 499 g/mol. The Morgan fingerprint density at radius 1 is 1.11 bits per heavy atom. The molecule has 0 atom stereocenters. The third kappa shape index (κ3) is 4.78. The number of Topliss-reactive ketones (excluding diaryl/α,β-unsaturated/α-hetero) is 1. The van der Waals surface area contributed by atoms with Crippen molar-refractivity contribution in [2.75, 3.05) is 32.4 Å². The predicted octanol–water partition coefficient (Wildman–Crippen LogP) is 1.48. The fourth-order valence-electron chi connectivity index (χ4n) is 4.74. The average molecular weight is 500 g/mol. The van der Waals surface area contributed by atoms with Crippen molar-refractivity contribution < 1.29 is 18.0 Å². The van der Waals surface area contributed by atoms with Crippen LogP contribution in [0.25, 0.3) is 5.52 Å². The van der Waals surface area contributed by atoms with Crippen LogP contribution >= 0.6 is 0 Å². The molecule has 0 bridgehead atoms. The molecule has 0 saturated carbocycles. The van der Waals surface area contributed by atoms with Gasteiger partial charge >= 0.3 is 0 Å². The van der Waals surface area contributed by atoms with Crippen molar-refractivity contribution in [1.29, 1.82) is 0 Å². The number of piperazine rings is 1. The summed E-state index contributed by atoms with van der Waals surface area (Å²) in [6.07, 6.45) is 3.11. The summed E-state index contributed by atoms with van der Waals surface area (Å²) in [4.78, 5) is 43.6. The van der Waals surface area contributed by atoms with Gasteiger partial charge in [-0.3, -0.25) is 14.4 Å². The van der Waals surface area contributed by atoms with Crippen molar-refractivity contribution in [2.45, 2.75) is 33.6 Å². The molecule has 3 aromatic heterocycles. The normalized spacial score (nSPS) is 15.0. The van der Waals surface area contributed by atoms with E-state index < -0.39 is 10.0 Å². The van der Waals surface area contributed by atoms with Gasteiger partial charge in [0.1, 0.15) is 5.69 Å². The number of carbonyl (C=O) groups is 2. The molecule has 1 aliphatic rings. The van der Waals surface area contributed by atoms with E-state index in [1.54, 1.807) is 30.2 Å². The van der Waals surface area contributed by atoms with E-state index in [0.717, 1.165) is 17.5 Å². The summed E-state index contributed by atoms with van der Waals surface area (Å²) in [5.74, 6) is -0.470. The van der Waals surface area contributed by atoms with Crippen molar-refractivity contribution >= 4 is 27.2 Å². The van der Waals surface area contributed by atoms with Gasteiger partial charge < -0.3 is 9.88 Å². The number of sulfonamides is 1. The highest BCUT2D eigenvalue weighted by atomic mass is 32.2. The minimum Gasteiger partial charge on any atom is -0.335 e. The number of aryl methyl sites for hydroxylation is 2. The lowest BCUT2D eigenvalue weighted by atomic mass is 9.98. The first-order valence-corrected chi connectivity index (χ1v) is 13.3. The number of nitrogens with one attached hydrogen (secondary N) is 1. The first-order chi connectivity index (χ1) is 16.5. The molecule has 1 N–H and O–H groups in total. The summed E-state index contributed by atoms with van der Waals surface area (Å²) in [6, 6.07) is 5.33. The third-order valence-corrected chi connectivity index (χ3v) is 7.82. The molecule has 4 heterocycles. The van der Waals surface area contributed by atoms with Gasteiger partial charge in [0.2, 0.25) is 10.0 Å². The van der Waals surface area contributed by atoms with Gasteiger partial charge in [0, 0.05) is 55.6 Å². The fourth-order valence-corrected chi connectivity index (χ4v) is 5.57. The minimum atomic E-state index is -3.32. The molecule has 3 aromatic rings. The van der Waals surface area contributed by atoms with Gasteiger partial charge in [0.15, 0.2) is 5.78 Å². The van der Waals surface area contributed by atoms with Gasteiger partial charge in [-0.25, -0.2) is 12.9 Å². The number of hydrogen-bond acceptors (Lipinski definition) is 6. The van der Waals surface area contributed by atoms with Crippen LogP contribution in [0.2, 0.25) is 0 Å². The van der Waals surface area contributed by atoms with Gasteiger partial charge in [-0.1, -0.05) is 0 Å². The van der Waals surface area contributed by atoms with Crippen LogP contribution in [-0.4, -0.2) is 76.3 Å². The highest BCUT2D eigenvalue weighted by Gasteiger charge is 2.31. The van der Waals surface area contributed by atoms with E-state index in [2.05, 4.69) is 10.1 Å². The maximum Gasteiger partial charge on any atom is 0.272 e. The van der Waals surface area contributed by atoms with Crippen molar-refractivity contribution in [1.82, 2.24) is 23.8 Å². The van der Waals surface area contributed by atoms with Crippen molar-refractivity contribution in [3.63, 3.8) is 0 Å². The van der Waals surface area contributed by atoms with Crippen molar-refractivity contribution in [3.8, 4) is 0 Å². The van der Waals surface area contributed by atoms with E-state index in [0.29, 0.717) is 27.9 Å². The molecule has 10 nitrogen and oxygen atoms in total. The minimum absolute atomic E-state index is 0.114. The Bertz CT molecular complexity index is 1480. The highest BCUT2D eigenvalue weighted by Crippen LogP contribution is 2.26. The SMILES string of the molecule is Cc1cc(C)c(CCC(=O)c2c(C)c(C(=O)N3CCN(S(C)(=O)=O)CC3)n3ncccc23)c(=O)[nH]1. The predicted molar refractivity (Wildman–Crippen MR) is 131 cm³/mol. The summed E-state index contributed by atoms with van der Waals surface area (Å²) in [6.45, 7) is 6.34. The summed E-state index contributed by atoms with van der Waals surface area (Å²) < 4.78 is 26.5. The van der Waals surface area contributed by atoms with Gasteiger partial charge in [-0.05, 0) is 56.5 Å². The van der Waals surface area contributed by atoms with Crippen molar-refractivity contribution in [3.05, 3.63) is 68.4 Å². The van der Waals surface area contributed by atoms with E-state index in [1.807, 2.05) is 19.9 Å². The molecule has 1 aliphatic heterocycles. The molecule has 0 spiro atoms. The number of H-pyrrole nitrogens is 1. The van der Waals surface area contributed by atoms with E-state index in [-0.39, 0.29) is 56.3 Å². The van der Waals surface area contributed by atoms with E-state index in [4.69, 9.17) is 0 Å². The number of amides is 1. The zero-order chi connectivity index (χ0) is 25.5. The average Bonchev–Trinajstić information content (AvgIpc) is 3.09. The topological polar surface area (TPSA) is 125 Å². The number of aromatic amines is 1. The molecule has 1 amide bonds. The molecule has 186 valence electrons. The molecule has 1 fully saturated rings. The Kier molecular flexibility index (Phi) is 6.65. The van der Waals surface area contributed by atoms with Gasteiger partial charge in [0.05, 0.1) is 11.8 Å². The van der Waals surface area contributed by atoms with Gasteiger partial charge in [0.25, 0.3) is 11.5 Å². The first-order valence-electron chi connectivity index (χ1n) is 11.4. The number of carbonyl (C=O) groups excluding carboxylic acids is 2. The molecule has 0 aromatic carbocycles. The lowest BCUT2D eigenvalue weighted by Gasteiger charge is -2.33. The second kappa shape index (κ2) is 9.38. The van der Waals surface area contributed by atoms with Crippen LogP contribution in [0.5, 0.6) is 0 Å². The smallest absolute Gasteiger partial charge is 0.272 e. The zero-order valence-electron chi connectivity index (χ0n) is 20.3.